The third kappa shape index (κ3) is 2.22. The second-order valence-electron chi connectivity index (χ2n) is 5.53. The Kier molecular flexibility index (Phi) is 3.45. The Morgan fingerprint density at radius 2 is 2.15 bits per heavy atom. The van der Waals surface area contributed by atoms with Gasteiger partial charge in [0.15, 0.2) is 11.5 Å². The fourth-order valence-electron chi connectivity index (χ4n) is 3.00. The number of allylic oxidation sites excluding steroid dienone is 1. The minimum atomic E-state index is -0.969. The highest BCUT2D eigenvalue weighted by atomic mass is 16.7. The summed E-state index contributed by atoms with van der Waals surface area (Å²) in [5.74, 6) is 0.174. The largest absolute Gasteiger partial charge is 0.466 e. The van der Waals surface area contributed by atoms with Crippen LogP contribution in [0.25, 0.3) is 0 Å². The number of nitro benzene ring substituents is 1. The third-order valence-electron chi connectivity index (χ3n) is 4.13. The molecule has 1 atom stereocenters. The van der Waals surface area contributed by atoms with Gasteiger partial charge in [0, 0.05) is 5.70 Å². The lowest BCUT2D eigenvalue weighted by atomic mass is 9.94. The third-order valence-corrected chi connectivity index (χ3v) is 4.13. The van der Waals surface area contributed by atoms with E-state index in [0.29, 0.717) is 11.4 Å². The van der Waals surface area contributed by atoms with Crippen molar-refractivity contribution in [3.8, 4) is 11.5 Å². The quantitative estimate of drug-likeness (QED) is 0.473. The molecule has 12 nitrogen and oxygen atoms in total. The highest BCUT2D eigenvalue weighted by molar-refractivity contribution is 5.92. The fraction of sp³-hybridized carbons (Fsp3) is 0.286. The molecule has 0 saturated carbocycles. The van der Waals surface area contributed by atoms with Crippen molar-refractivity contribution < 1.29 is 23.9 Å². The molecule has 0 amide bonds. The van der Waals surface area contributed by atoms with Crippen LogP contribution in [0.1, 0.15) is 18.5 Å². The molecule has 1 aromatic carbocycles. The maximum atomic E-state index is 12.4. The van der Waals surface area contributed by atoms with E-state index in [1.54, 1.807) is 6.92 Å². The first kappa shape index (κ1) is 15.8. The van der Waals surface area contributed by atoms with Crippen molar-refractivity contribution in [2.24, 2.45) is 0 Å². The molecule has 3 heterocycles. The predicted octanol–water partition coefficient (Wildman–Crippen LogP) is 0.772. The average molecular weight is 360 g/mol. The minimum Gasteiger partial charge on any atom is -0.466 e. The summed E-state index contributed by atoms with van der Waals surface area (Å²) in [6.45, 7) is 1.59. The molecule has 0 unspecified atom stereocenters. The van der Waals surface area contributed by atoms with Crippen LogP contribution < -0.4 is 14.8 Å². The van der Waals surface area contributed by atoms with Crippen molar-refractivity contribution in [3.63, 3.8) is 0 Å². The summed E-state index contributed by atoms with van der Waals surface area (Å²) in [5, 5.41) is 25.8. The number of anilines is 1. The van der Waals surface area contributed by atoms with Gasteiger partial charge in [-0.05, 0) is 23.4 Å². The molecule has 0 fully saturated rings. The Balaban J connectivity index is 1.98. The van der Waals surface area contributed by atoms with E-state index >= 15 is 0 Å². The molecule has 1 N–H and O–H groups in total. The molecule has 0 radical (unpaired) electrons. The van der Waals surface area contributed by atoms with E-state index in [9.17, 15) is 14.9 Å². The lowest BCUT2D eigenvalue weighted by Gasteiger charge is -2.26. The first-order chi connectivity index (χ1) is 12.5. The molecule has 4 rings (SSSR count). The summed E-state index contributed by atoms with van der Waals surface area (Å²) in [6, 6.07) is 1.75. The Morgan fingerprint density at radius 1 is 1.42 bits per heavy atom. The summed E-state index contributed by atoms with van der Waals surface area (Å²) in [7, 11) is 1.23. The van der Waals surface area contributed by atoms with Gasteiger partial charge >= 0.3 is 5.97 Å². The van der Waals surface area contributed by atoms with Crippen molar-refractivity contribution in [3.05, 3.63) is 39.1 Å². The number of rotatable bonds is 3. The molecule has 26 heavy (non-hydrogen) atoms. The maximum absolute atomic E-state index is 12.4. The summed E-state index contributed by atoms with van der Waals surface area (Å²) >= 11 is 0. The number of nitrogens with zero attached hydrogens (tertiary/aromatic N) is 5. The van der Waals surface area contributed by atoms with E-state index < -0.39 is 16.9 Å². The second kappa shape index (κ2) is 5.68. The molecule has 134 valence electrons. The van der Waals surface area contributed by atoms with Gasteiger partial charge in [-0.25, -0.2) is 4.79 Å². The summed E-state index contributed by atoms with van der Waals surface area (Å²) in [4.78, 5) is 23.5. The van der Waals surface area contributed by atoms with Crippen molar-refractivity contribution in [1.29, 1.82) is 0 Å². The van der Waals surface area contributed by atoms with Gasteiger partial charge in [0.2, 0.25) is 12.7 Å². The zero-order chi connectivity index (χ0) is 18.4. The lowest BCUT2D eigenvalue weighted by molar-refractivity contribution is -0.385. The van der Waals surface area contributed by atoms with Crippen LogP contribution in [0.3, 0.4) is 0 Å². The molecule has 0 bridgehead atoms. The first-order valence-corrected chi connectivity index (χ1v) is 7.43. The number of esters is 1. The molecule has 12 heteroatoms. The SMILES string of the molecule is COC(=O)C1=C(C)Nc2nnnn2[C@H]1c1cc2c(cc1[N+](=O)[O-])OCO2. The van der Waals surface area contributed by atoms with Crippen LogP contribution in [0.15, 0.2) is 23.4 Å². The van der Waals surface area contributed by atoms with E-state index in [1.807, 2.05) is 0 Å². The van der Waals surface area contributed by atoms with Crippen molar-refractivity contribution in [2.75, 3.05) is 19.2 Å². The van der Waals surface area contributed by atoms with Gasteiger partial charge in [0.1, 0.15) is 6.04 Å². The van der Waals surface area contributed by atoms with E-state index in [0.717, 1.165) is 0 Å². The number of tetrazole rings is 1. The molecule has 2 aromatic rings. The zero-order valence-corrected chi connectivity index (χ0v) is 13.6. The number of nitro groups is 1. The smallest absolute Gasteiger partial charge is 0.338 e. The second-order valence-corrected chi connectivity index (χ2v) is 5.53. The summed E-state index contributed by atoms with van der Waals surface area (Å²) < 4.78 is 16.7. The lowest BCUT2D eigenvalue weighted by Crippen LogP contribution is -2.29. The van der Waals surface area contributed by atoms with E-state index in [4.69, 9.17) is 14.2 Å². The van der Waals surface area contributed by atoms with E-state index in [1.165, 1.54) is 23.9 Å². The van der Waals surface area contributed by atoms with Crippen LogP contribution in [0.4, 0.5) is 11.6 Å². The number of benzene rings is 1. The molecule has 2 aliphatic heterocycles. The number of hydrogen-bond acceptors (Lipinski definition) is 10. The number of hydrogen-bond donors (Lipinski definition) is 1. The van der Waals surface area contributed by atoms with Gasteiger partial charge < -0.3 is 19.5 Å². The zero-order valence-electron chi connectivity index (χ0n) is 13.6. The van der Waals surface area contributed by atoms with Crippen molar-refractivity contribution in [1.82, 2.24) is 20.2 Å². The van der Waals surface area contributed by atoms with E-state index in [-0.39, 0.29) is 35.3 Å². The van der Waals surface area contributed by atoms with E-state index in [2.05, 4.69) is 20.8 Å². The van der Waals surface area contributed by atoms with Gasteiger partial charge in [-0.1, -0.05) is 5.10 Å². The van der Waals surface area contributed by atoms with Crippen LogP contribution in [-0.2, 0) is 9.53 Å². The number of ether oxygens (including phenoxy) is 3. The number of fused-ring (bicyclic) bond motifs is 2. The Bertz CT molecular complexity index is 967. The molecule has 0 spiro atoms. The van der Waals surface area contributed by atoms with Gasteiger partial charge in [0.25, 0.3) is 5.69 Å². The number of carbonyl (C=O) groups excluding carboxylic acids is 1. The van der Waals surface area contributed by atoms with Gasteiger partial charge in [-0.3, -0.25) is 10.1 Å². The Labute approximate surface area is 145 Å². The van der Waals surface area contributed by atoms with Gasteiger partial charge in [-0.2, -0.15) is 4.68 Å². The summed E-state index contributed by atoms with van der Waals surface area (Å²) in [5.41, 5.74) is 0.497. The first-order valence-electron chi connectivity index (χ1n) is 7.43. The number of nitrogens with one attached hydrogen (secondary N) is 1. The van der Waals surface area contributed by atoms with Crippen LogP contribution in [0, 0.1) is 10.1 Å². The average Bonchev–Trinajstić information content (AvgIpc) is 3.26. The summed E-state index contributed by atoms with van der Waals surface area (Å²) in [6.07, 6.45) is 0. The Morgan fingerprint density at radius 3 is 2.85 bits per heavy atom. The minimum absolute atomic E-state index is 0.0446. The van der Waals surface area contributed by atoms with Gasteiger partial charge in [-0.15, -0.1) is 0 Å². The molecule has 0 saturated heterocycles. The van der Waals surface area contributed by atoms with Gasteiger partial charge in [0.05, 0.1) is 29.2 Å². The standard InChI is InChI=1S/C14H12N6O6/c1-6-11(13(21)24-2)12(19-14(15-6)16-17-18-19)7-3-9-10(26-5-25-9)4-8(7)20(22)23/h3-4,12H,5H2,1-2H3,(H,15,16,18)/t12-/m0/s1. The fourth-order valence-corrected chi connectivity index (χ4v) is 3.00. The number of carbonyl (C=O) groups is 1. The normalized spacial score (nSPS) is 17.5. The number of methoxy groups -OCH3 is 1. The molecular formula is C14H12N6O6. The molecular weight excluding hydrogens is 348 g/mol. The maximum Gasteiger partial charge on any atom is 0.338 e. The molecule has 1 aromatic heterocycles. The van der Waals surface area contributed by atoms with Crippen LogP contribution in [0.5, 0.6) is 11.5 Å². The number of aromatic nitrogens is 4. The van der Waals surface area contributed by atoms with Crippen LogP contribution in [0.2, 0.25) is 0 Å². The van der Waals surface area contributed by atoms with Crippen molar-refractivity contribution in [2.45, 2.75) is 13.0 Å². The Hall–Kier alpha value is -3.70. The van der Waals surface area contributed by atoms with Crippen LogP contribution >= 0.6 is 0 Å². The molecule has 0 aliphatic carbocycles. The highest BCUT2D eigenvalue weighted by Gasteiger charge is 2.39. The van der Waals surface area contributed by atoms with Crippen molar-refractivity contribution >= 4 is 17.6 Å². The monoisotopic (exact) mass is 360 g/mol. The topological polar surface area (TPSA) is 144 Å². The molecule has 2 aliphatic rings. The van der Waals surface area contributed by atoms with Crippen LogP contribution in [-0.4, -0.2) is 45.0 Å². The highest BCUT2D eigenvalue weighted by Crippen LogP contribution is 2.44. The predicted molar refractivity (Wildman–Crippen MR) is 83.5 cm³/mol.